The fourth-order valence-corrected chi connectivity index (χ4v) is 2.73. The van der Waals surface area contributed by atoms with Crippen molar-refractivity contribution in [1.82, 2.24) is 11.0 Å². The number of hydrazine groups is 2. The number of hydrogen-bond donors (Lipinski definition) is 3. The second-order valence-electron chi connectivity index (χ2n) is 5.25. The Morgan fingerprint density at radius 3 is 2.41 bits per heavy atom. The maximum atomic E-state index is 5.38. The third-order valence-corrected chi connectivity index (χ3v) is 4.21. The van der Waals surface area contributed by atoms with Crippen LogP contribution in [0.25, 0.3) is 0 Å². The number of aryl methyl sites for hydroxylation is 3. The Balaban J connectivity index is 2.13. The molecule has 2 aromatic rings. The first-order valence-corrected chi connectivity index (χ1v) is 8.13. The van der Waals surface area contributed by atoms with Crippen molar-refractivity contribution >= 4 is 22.6 Å². The van der Waals surface area contributed by atoms with E-state index < -0.39 is 0 Å². The van der Waals surface area contributed by atoms with Crippen LogP contribution >= 0.6 is 11.8 Å². The predicted octanol–water partition coefficient (Wildman–Crippen LogP) is 3.50. The summed E-state index contributed by atoms with van der Waals surface area (Å²) in [5.41, 5.74) is 11.2. The van der Waals surface area contributed by atoms with E-state index in [9.17, 15) is 0 Å². The minimum absolute atomic E-state index is 0.747. The summed E-state index contributed by atoms with van der Waals surface area (Å²) < 4.78 is 0. The number of hydrogen-bond acceptors (Lipinski definition) is 4. The first-order valence-electron chi connectivity index (χ1n) is 7.14. The number of nitrogens with two attached hydrogens (primary N) is 1. The Labute approximate surface area is 136 Å². The third kappa shape index (κ3) is 4.87. The van der Waals surface area contributed by atoms with Gasteiger partial charge in [-0.1, -0.05) is 53.7 Å². The lowest BCUT2D eigenvalue weighted by molar-refractivity contribution is 0.703. The summed E-state index contributed by atoms with van der Waals surface area (Å²) >= 11 is 1.61. The molecule has 5 heteroatoms. The topological polar surface area (TPSA) is 62.4 Å². The van der Waals surface area contributed by atoms with Crippen LogP contribution in [0.5, 0.6) is 0 Å². The van der Waals surface area contributed by atoms with Crippen LogP contribution in [0.3, 0.4) is 0 Å². The number of rotatable bonds is 4. The van der Waals surface area contributed by atoms with Crippen LogP contribution in [0.1, 0.15) is 22.3 Å². The monoisotopic (exact) mass is 314 g/mol. The summed E-state index contributed by atoms with van der Waals surface area (Å²) in [5.74, 6) is 6.22. The maximum absolute atomic E-state index is 5.38. The minimum atomic E-state index is 0.747. The van der Waals surface area contributed by atoms with E-state index in [1.807, 2.05) is 0 Å². The van der Waals surface area contributed by atoms with Crippen molar-refractivity contribution in [1.29, 1.82) is 0 Å². The molecule has 4 nitrogen and oxygen atoms in total. The zero-order valence-corrected chi connectivity index (χ0v) is 14.0. The molecule has 0 aliphatic heterocycles. The molecule has 22 heavy (non-hydrogen) atoms. The molecule has 4 N–H and O–H groups in total. The Bertz CT molecular complexity index is 650. The first-order chi connectivity index (χ1) is 10.6. The van der Waals surface area contributed by atoms with Gasteiger partial charge >= 0.3 is 0 Å². The van der Waals surface area contributed by atoms with Crippen molar-refractivity contribution in [2.24, 2.45) is 10.8 Å². The Kier molecular flexibility index (Phi) is 6.00. The van der Waals surface area contributed by atoms with Crippen molar-refractivity contribution in [2.75, 3.05) is 0 Å². The summed E-state index contributed by atoms with van der Waals surface area (Å²) in [6.45, 7) is 6.20. The van der Waals surface area contributed by atoms with Crippen LogP contribution in [-0.4, -0.2) is 5.17 Å². The number of nitrogens with one attached hydrogen (secondary N) is 2. The molecule has 0 radical (unpaired) electrons. The first kappa shape index (κ1) is 16.5. The molecule has 2 rings (SSSR count). The molecule has 0 aliphatic rings. The highest BCUT2D eigenvalue weighted by molar-refractivity contribution is 8.13. The fourth-order valence-electron chi connectivity index (χ4n) is 1.94. The van der Waals surface area contributed by atoms with Crippen LogP contribution in [-0.2, 0) is 5.75 Å². The van der Waals surface area contributed by atoms with Gasteiger partial charge in [0.1, 0.15) is 0 Å². The van der Waals surface area contributed by atoms with E-state index >= 15 is 0 Å². The highest BCUT2D eigenvalue weighted by Crippen LogP contribution is 2.22. The number of amidine groups is 1. The number of nitrogens with zero attached hydrogens (tertiary/aromatic N) is 1. The van der Waals surface area contributed by atoms with E-state index in [0.29, 0.717) is 0 Å². The summed E-state index contributed by atoms with van der Waals surface area (Å²) in [6, 6.07) is 14.7. The molecule has 0 aromatic heterocycles. The minimum Gasteiger partial charge on any atom is -0.287 e. The lowest BCUT2D eigenvalue weighted by Gasteiger charge is -2.10. The number of aliphatic imine (C=N–C) groups is 1. The molecule has 0 unspecified atom stereocenters. The summed E-state index contributed by atoms with van der Waals surface area (Å²) in [6.07, 6.45) is 0. The van der Waals surface area contributed by atoms with Gasteiger partial charge in [-0.05, 0) is 43.5 Å². The SMILES string of the molecule is Cc1ccc(CSC(=Nc2cc(C)ccc2C)NNN)cc1. The molecule has 0 fully saturated rings. The van der Waals surface area contributed by atoms with E-state index in [1.165, 1.54) is 16.7 Å². The van der Waals surface area contributed by atoms with Crippen molar-refractivity contribution < 1.29 is 0 Å². The molecule has 0 heterocycles. The summed E-state index contributed by atoms with van der Waals surface area (Å²) in [5, 5.41) is 0.747. The van der Waals surface area contributed by atoms with Crippen LogP contribution in [0.4, 0.5) is 5.69 Å². The van der Waals surface area contributed by atoms with Crippen LogP contribution in [0.2, 0.25) is 0 Å². The van der Waals surface area contributed by atoms with Gasteiger partial charge in [-0.25, -0.2) is 4.99 Å². The van der Waals surface area contributed by atoms with Crippen molar-refractivity contribution in [3.05, 3.63) is 64.7 Å². The van der Waals surface area contributed by atoms with Gasteiger partial charge in [0.2, 0.25) is 0 Å². The molecule has 0 saturated heterocycles. The quantitative estimate of drug-likeness (QED) is 0.350. The van der Waals surface area contributed by atoms with Gasteiger partial charge in [0.15, 0.2) is 5.17 Å². The normalized spacial score (nSPS) is 11.5. The molecular formula is C17H22N4S. The van der Waals surface area contributed by atoms with Gasteiger partial charge in [0.05, 0.1) is 5.69 Å². The predicted molar refractivity (Wildman–Crippen MR) is 95.9 cm³/mol. The van der Waals surface area contributed by atoms with Crippen LogP contribution in [0.15, 0.2) is 47.5 Å². The van der Waals surface area contributed by atoms with E-state index in [1.54, 1.807) is 11.8 Å². The van der Waals surface area contributed by atoms with Gasteiger partial charge in [0, 0.05) is 5.75 Å². The lowest BCUT2D eigenvalue weighted by atomic mass is 10.1. The molecule has 0 saturated carbocycles. The Morgan fingerprint density at radius 2 is 1.73 bits per heavy atom. The third-order valence-electron chi connectivity index (χ3n) is 3.26. The zero-order chi connectivity index (χ0) is 15.9. The van der Waals surface area contributed by atoms with Gasteiger partial charge in [-0.2, -0.15) is 5.53 Å². The number of benzene rings is 2. The highest BCUT2D eigenvalue weighted by Gasteiger charge is 2.04. The molecule has 0 atom stereocenters. The molecule has 0 amide bonds. The van der Waals surface area contributed by atoms with Crippen LogP contribution < -0.4 is 16.8 Å². The van der Waals surface area contributed by atoms with Gasteiger partial charge in [-0.15, -0.1) is 0 Å². The Morgan fingerprint density at radius 1 is 1.05 bits per heavy atom. The van der Waals surface area contributed by atoms with E-state index in [0.717, 1.165) is 22.2 Å². The lowest BCUT2D eigenvalue weighted by Crippen LogP contribution is -2.40. The number of thioether (sulfide) groups is 1. The van der Waals surface area contributed by atoms with Crippen molar-refractivity contribution in [2.45, 2.75) is 26.5 Å². The maximum Gasteiger partial charge on any atom is 0.177 e. The van der Waals surface area contributed by atoms with Crippen molar-refractivity contribution in [3.8, 4) is 0 Å². The molecule has 0 spiro atoms. The van der Waals surface area contributed by atoms with E-state index in [-0.39, 0.29) is 0 Å². The molecule has 0 aliphatic carbocycles. The zero-order valence-electron chi connectivity index (χ0n) is 13.2. The van der Waals surface area contributed by atoms with Gasteiger partial charge < -0.3 is 0 Å². The highest BCUT2D eigenvalue weighted by atomic mass is 32.2. The average Bonchev–Trinajstić information content (AvgIpc) is 2.50. The van der Waals surface area contributed by atoms with E-state index in [2.05, 4.69) is 79.2 Å². The van der Waals surface area contributed by atoms with E-state index in [4.69, 9.17) is 5.84 Å². The van der Waals surface area contributed by atoms with Crippen LogP contribution in [0, 0.1) is 20.8 Å². The second-order valence-corrected chi connectivity index (χ2v) is 6.21. The summed E-state index contributed by atoms with van der Waals surface area (Å²) in [7, 11) is 0. The standard InChI is InChI=1S/C17H22N4S/c1-12-5-8-15(9-6-12)11-22-17(20-21-18)19-16-10-13(2)4-7-14(16)3/h4-10,21H,11,18H2,1-3H3,(H,19,20). The average molecular weight is 314 g/mol. The fraction of sp³-hybridized carbons (Fsp3) is 0.235. The largest absolute Gasteiger partial charge is 0.287 e. The Hall–Kier alpha value is -1.82. The summed E-state index contributed by atoms with van der Waals surface area (Å²) in [4.78, 5) is 4.67. The van der Waals surface area contributed by atoms with Crippen molar-refractivity contribution in [3.63, 3.8) is 0 Å². The van der Waals surface area contributed by atoms with Gasteiger partial charge in [-0.3, -0.25) is 11.3 Å². The molecule has 116 valence electrons. The van der Waals surface area contributed by atoms with Gasteiger partial charge in [0.25, 0.3) is 0 Å². The second kappa shape index (κ2) is 7.98. The molecule has 2 aromatic carbocycles. The molecule has 0 bridgehead atoms. The smallest absolute Gasteiger partial charge is 0.177 e. The molecular weight excluding hydrogens is 292 g/mol.